The zero-order valence-electron chi connectivity index (χ0n) is 12.3. The third-order valence-electron chi connectivity index (χ3n) is 3.13. The molecule has 1 amide bonds. The Bertz CT molecular complexity index is 590. The molecule has 8 heteroatoms. The molecule has 1 aromatic rings. The number of primary amides is 1. The minimum atomic E-state index is -0.528. The highest BCUT2D eigenvalue weighted by Crippen LogP contribution is 2.11. The van der Waals surface area contributed by atoms with Crippen LogP contribution in [0.4, 0.5) is 11.5 Å². The number of nitrogens with zero attached hydrogens (tertiary/aromatic N) is 1. The number of rotatable bonds is 9. The summed E-state index contributed by atoms with van der Waals surface area (Å²) >= 11 is 0. The maximum Gasteiger partial charge on any atom is 0.330 e. The maximum absolute atomic E-state index is 11.8. The molecule has 0 unspecified atom stereocenters. The predicted molar refractivity (Wildman–Crippen MR) is 82.2 cm³/mol. The Balaban J connectivity index is 2.75. The first-order chi connectivity index (χ1) is 9.97. The molecule has 0 aliphatic rings. The molecule has 6 N–H and O–H groups in total. The molecule has 8 nitrogen and oxygen atoms in total. The molecule has 0 aliphatic carbocycles. The van der Waals surface area contributed by atoms with Gasteiger partial charge < -0.3 is 16.8 Å². The van der Waals surface area contributed by atoms with Crippen LogP contribution < -0.4 is 28.0 Å². The van der Waals surface area contributed by atoms with E-state index in [1.54, 1.807) is 0 Å². The highest BCUT2D eigenvalue weighted by atomic mass is 16.2. The largest absolute Gasteiger partial charge is 0.383 e. The van der Waals surface area contributed by atoms with Crippen molar-refractivity contribution in [1.29, 1.82) is 0 Å². The van der Waals surface area contributed by atoms with E-state index < -0.39 is 11.2 Å². The third-order valence-corrected chi connectivity index (χ3v) is 3.13. The molecule has 118 valence electrons. The first kappa shape index (κ1) is 16.8. The summed E-state index contributed by atoms with van der Waals surface area (Å²) in [6, 6.07) is 0. The number of H-pyrrole nitrogens is 1. The number of carbonyl (C=O) groups is 1. The molecule has 0 bridgehead atoms. The lowest BCUT2D eigenvalue weighted by Crippen LogP contribution is -2.34. The fraction of sp³-hybridized carbons (Fsp3) is 0.615. The first-order valence-corrected chi connectivity index (χ1v) is 7.12. The van der Waals surface area contributed by atoms with E-state index in [9.17, 15) is 14.4 Å². The lowest BCUT2D eigenvalue weighted by Gasteiger charge is -2.13. The number of aromatic nitrogens is 2. The van der Waals surface area contributed by atoms with E-state index in [2.05, 4.69) is 10.3 Å². The van der Waals surface area contributed by atoms with Gasteiger partial charge in [-0.05, 0) is 19.3 Å². The highest BCUT2D eigenvalue weighted by Gasteiger charge is 2.11. The van der Waals surface area contributed by atoms with Crippen molar-refractivity contribution in [1.82, 2.24) is 9.55 Å². The fourth-order valence-corrected chi connectivity index (χ4v) is 1.93. The Morgan fingerprint density at radius 2 is 2.00 bits per heavy atom. The molecule has 0 atom stereocenters. The van der Waals surface area contributed by atoms with Gasteiger partial charge in [0.05, 0.1) is 0 Å². The van der Waals surface area contributed by atoms with Crippen molar-refractivity contribution in [3.63, 3.8) is 0 Å². The molecule has 0 aliphatic heterocycles. The van der Waals surface area contributed by atoms with Crippen LogP contribution in [0.15, 0.2) is 9.59 Å². The number of unbranched alkanes of at least 4 members (excludes halogenated alkanes) is 2. The lowest BCUT2D eigenvalue weighted by molar-refractivity contribution is -0.118. The standard InChI is InChI=1S/C13H23N5O3/c1-2-3-8-18-11(15)10(12(20)17-13(18)21)16-7-5-4-6-9(14)19/h16H,2-8,15H2,1H3,(H2,14,19)(H,17,20,21). The maximum atomic E-state index is 11.8. The molecule has 1 heterocycles. The summed E-state index contributed by atoms with van der Waals surface area (Å²) in [4.78, 5) is 36.4. The number of amides is 1. The number of hydrogen-bond donors (Lipinski definition) is 4. The van der Waals surface area contributed by atoms with Crippen molar-refractivity contribution in [2.24, 2.45) is 5.73 Å². The topological polar surface area (TPSA) is 136 Å². The van der Waals surface area contributed by atoms with Crippen molar-refractivity contribution in [3.8, 4) is 0 Å². The molecule has 21 heavy (non-hydrogen) atoms. The SMILES string of the molecule is CCCCn1c(N)c(NCCCCC(N)=O)c(=O)[nH]c1=O. The summed E-state index contributed by atoms with van der Waals surface area (Å²) in [5, 5.41) is 2.92. The normalized spacial score (nSPS) is 10.5. The van der Waals surface area contributed by atoms with Crippen LogP contribution in [0.25, 0.3) is 0 Å². The molecule has 0 saturated heterocycles. The van der Waals surface area contributed by atoms with E-state index in [1.807, 2.05) is 6.92 Å². The van der Waals surface area contributed by atoms with E-state index >= 15 is 0 Å². The van der Waals surface area contributed by atoms with Gasteiger partial charge in [-0.15, -0.1) is 0 Å². The Morgan fingerprint density at radius 1 is 1.29 bits per heavy atom. The van der Waals surface area contributed by atoms with Crippen molar-refractivity contribution in [2.45, 2.75) is 45.6 Å². The fourth-order valence-electron chi connectivity index (χ4n) is 1.93. The molecular weight excluding hydrogens is 274 g/mol. The number of hydrogen-bond acceptors (Lipinski definition) is 5. The monoisotopic (exact) mass is 297 g/mol. The van der Waals surface area contributed by atoms with Crippen molar-refractivity contribution in [3.05, 3.63) is 20.8 Å². The van der Waals surface area contributed by atoms with Crippen molar-refractivity contribution >= 4 is 17.4 Å². The van der Waals surface area contributed by atoms with Gasteiger partial charge in [0.15, 0.2) is 0 Å². The first-order valence-electron chi connectivity index (χ1n) is 7.12. The molecule has 1 aromatic heterocycles. The lowest BCUT2D eigenvalue weighted by atomic mass is 10.2. The molecule has 0 radical (unpaired) electrons. The third kappa shape index (κ3) is 4.97. The zero-order valence-corrected chi connectivity index (χ0v) is 12.3. The second-order valence-electron chi connectivity index (χ2n) is 4.87. The van der Waals surface area contributed by atoms with E-state index in [0.29, 0.717) is 32.4 Å². The molecule has 0 fully saturated rings. The predicted octanol–water partition coefficient (Wildman–Crippen LogP) is -0.0136. The van der Waals surface area contributed by atoms with Crippen molar-refractivity contribution < 1.29 is 4.79 Å². The summed E-state index contributed by atoms with van der Waals surface area (Å²) in [5.74, 6) is -0.201. The summed E-state index contributed by atoms with van der Waals surface area (Å²) < 4.78 is 1.36. The number of nitrogen functional groups attached to an aromatic ring is 1. The molecule has 0 spiro atoms. The summed E-state index contributed by atoms with van der Waals surface area (Å²) in [6.07, 6.45) is 3.34. The highest BCUT2D eigenvalue weighted by molar-refractivity contribution is 5.73. The van der Waals surface area contributed by atoms with Crippen molar-refractivity contribution in [2.75, 3.05) is 17.6 Å². The average Bonchev–Trinajstić information content (AvgIpc) is 2.41. The zero-order chi connectivity index (χ0) is 15.8. The van der Waals surface area contributed by atoms with Gasteiger partial charge in [-0.3, -0.25) is 19.1 Å². The molecule has 1 rings (SSSR count). The minimum Gasteiger partial charge on any atom is -0.383 e. The number of carbonyl (C=O) groups excluding carboxylic acids is 1. The van der Waals surface area contributed by atoms with Gasteiger partial charge in [0, 0.05) is 19.5 Å². The van der Waals surface area contributed by atoms with Crippen LogP contribution >= 0.6 is 0 Å². The van der Waals surface area contributed by atoms with Crippen LogP contribution in [-0.2, 0) is 11.3 Å². The van der Waals surface area contributed by atoms with Gasteiger partial charge in [0.1, 0.15) is 11.5 Å². The number of nitrogens with one attached hydrogen (secondary N) is 2. The van der Waals surface area contributed by atoms with Gasteiger partial charge in [0.25, 0.3) is 5.56 Å². The Labute approximate surface area is 122 Å². The van der Waals surface area contributed by atoms with Crippen LogP contribution in [0.3, 0.4) is 0 Å². The Hall–Kier alpha value is -2.25. The average molecular weight is 297 g/mol. The molecule has 0 saturated carbocycles. The van der Waals surface area contributed by atoms with Gasteiger partial charge in [-0.1, -0.05) is 13.3 Å². The van der Waals surface area contributed by atoms with Crippen LogP contribution in [-0.4, -0.2) is 22.0 Å². The summed E-state index contributed by atoms with van der Waals surface area (Å²) in [7, 11) is 0. The van der Waals surface area contributed by atoms with E-state index in [4.69, 9.17) is 11.5 Å². The number of aromatic amines is 1. The molecular formula is C13H23N5O3. The van der Waals surface area contributed by atoms with E-state index in [-0.39, 0.29) is 17.4 Å². The van der Waals surface area contributed by atoms with Crippen LogP contribution in [0.2, 0.25) is 0 Å². The van der Waals surface area contributed by atoms with Gasteiger partial charge in [-0.25, -0.2) is 4.79 Å². The number of anilines is 2. The van der Waals surface area contributed by atoms with Crippen LogP contribution in [0.5, 0.6) is 0 Å². The van der Waals surface area contributed by atoms with E-state index in [1.165, 1.54) is 4.57 Å². The summed E-state index contributed by atoms with van der Waals surface area (Å²) in [6.45, 7) is 2.95. The van der Waals surface area contributed by atoms with Gasteiger partial charge >= 0.3 is 5.69 Å². The van der Waals surface area contributed by atoms with Crippen LogP contribution in [0, 0.1) is 0 Å². The Morgan fingerprint density at radius 3 is 2.62 bits per heavy atom. The smallest absolute Gasteiger partial charge is 0.330 e. The quantitative estimate of drug-likeness (QED) is 0.475. The second kappa shape index (κ2) is 8.13. The summed E-state index contributed by atoms with van der Waals surface area (Å²) in [5.41, 5.74) is 10.1. The Kier molecular flexibility index (Phi) is 6.51. The van der Waals surface area contributed by atoms with Crippen LogP contribution in [0.1, 0.15) is 39.0 Å². The molecule has 0 aromatic carbocycles. The minimum absolute atomic E-state index is 0.145. The van der Waals surface area contributed by atoms with E-state index in [0.717, 1.165) is 12.8 Å². The van der Waals surface area contributed by atoms with Gasteiger partial charge in [0.2, 0.25) is 5.91 Å². The number of nitrogens with two attached hydrogens (primary N) is 2. The second-order valence-corrected chi connectivity index (χ2v) is 4.87. The van der Waals surface area contributed by atoms with Gasteiger partial charge in [-0.2, -0.15) is 0 Å².